The Bertz CT molecular complexity index is 509. The minimum absolute atomic E-state index is 0.248. The van der Waals surface area contributed by atoms with E-state index in [4.69, 9.17) is 0 Å². The zero-order chi connectivity index (χ0) is 11.2. The number of rotatable bonds is 0. The number of hydrogen-bond donors (Lipinski definition) is 1. The van der Waals surface area contributed by atoms with Gasteiger partial charge in [-0.25, -0.2) is 9.37 Å². The summed E-state index contributed by atoms with van der Waals surface area (Å²) in [7, 11) is 0. The lowest BCUT2D eigenvalue weighted by atomic mass is 9.87. The lowest BCUT2D eigenvalue weighted by molar-refractivity contribution is 0.502. The van der Waals surface area contributed by atoms with Gasteiger partial charge in [-0.1, -0.05) is 20.8 Å². The van der Waals surface area contributed by atoms with Crippen molar-refractivity contribution in [2.75, 3.05) is 0 Å². The summed E-state index contributed by atoms with van der Waals surface area (Å²) >= 11 is 0. The van der Waals surface area contributed by atoms with Gasteiger partial charge in [-0.2, -0.15) is 4.39 Å². The first kappa shape index (κ1) is 10.1. The van der Waals surface area contributed by atoms with E-state index in [-0.39, 0.29) is 11.1 Å². The number of aromatic nitrogens is 2. The van der Waals surface area contributed by atoms with Crippen molar-refractivity contribution in [1.82, 2.24) is 9.97 Å². The van der Waals surface area contributed by atoms with E-state index in [1.54, 1.807) is 0 Å². The molecule has 0 bridgehead atoms. The van der Waals surface area contributed by atoms with E-state index in [0.717, 1.165) is 0 Å². The topological polar surface area (TPSA) is 28.7 Å². The first-order valence-corrected chi connectivity index (χ1v) is 4.73. The van der Waals surface area contributed by atoms with Crippen molar-refractivity contribution >= 4 is 11.0 Å². The van der Waals surface area contributed by atoms with Gasteiger partial charge in [-0.05, 0) is 11.5 Å². The predicted octanol–water partition coefficient (Wildman–Crippen LogP) is 3.14. The standard InChI is InChI=1S/C11H12F2N2/c1-11(2,3)7-4-6-8(12)5-14-10(6)15-9(7)13/h4-5H,1-3H3,(H,14,15). The van der Waals surface area contributed by atoms with Crippen LogP contribution >= 0.6 is 0 Å². The van der Waals surface area contributed by atoms with Crippen LogP contribution in [-0.4, -0.2) is 9.97 Å². The minimum atomic E-state index is -0.545. The Kier molecular flexibility index (Phi) is 2.03. The van der Waals surface area contributed by atoms with Gasteiger partial charge in [0.15, 0.2) is 0 Å². The summed E-state index contributed by atoms with van der Waals surface area (Å²) in [4.78, 5) is 6.28. The number of halogens is 2. The molecule has 0 aliphatic rings. The van der Waals surface area contributed by atoms with Crippen molar-refractivity contribution in [3.8, 4) is 0 Å². The molecule has 0 saturated carbocycles. The molecule has 2 heterocycles. The molecule has 80 valence electrons. The van der Waals surface area contributed by atoms with Gasteiger partial charge < -0.3 is 4.98 Å². The molecule has 0 amide bonds. The number of aromatic amines is 1. The van der Waals surface area contributed by atoms with Crippen LogP contribution in [0.25, 0.3) is 11.0 Å². The van der Waals surface area contributed by atoms with Gasteiger partial charge >= 0.3 is 0 Å². The van der Waals surface area contributed by atoms with Gasteiger partial charge in [0.1, 0.15) is 11.5 Å². The van der Waals surface area contributed by atoms with Crippen LogP contribution in [0.3, 0.4) is 0 Å². The van der Waals surface area contributed by atoms with Crippen LogP contribution in [0.1, 0.15) is 26.3 Å². The van der Waals surface area contributed by atoms with E-state index >= 15 is 0 Å². The van der Waals surface area contributed by atoms with Gasteiger partial charge in [-0.15, -0.1) is 0 Å². The van der Waals surface area contributed by atoms with E-state index in [1.807, 2.05) is 20.8 Å². The Hall–Kier alpha value is -1.45. The molecule has 2 rings (SSSR count). The number of nitrogens with one attached hydrogen (secondary N) is 1. The molecule has 2 aromatic heterocycles. The average molecular weight is 210 g/mol. The number of H-pyrrole nitrogens is 1. The van der Waals surface area contributed by atoms with Crippen LogP contribution in [0, 0.1) is 11.8 Å². The van der Waals surface area contributed by atoms with Crippen molar-refractivity contribution < 1.29 is 8.78 Å². The molecule has 15 heavy (non-hydrogen) atoms. The molecule has 0 spiro atoms. The van der Waals surface area contributed by atoms with Crippen LogP contribution in [0.4, 0.5) is 8.78 Å². The van der Waals surface area contributed by atoms with Gasteiger partial charge in [0.25, 0.3) is 0 Å². The maximum atomic E-state index is 13.6. The van der Waals surface area contributed by atoms with Crippen LogP contribution in [0.5, 0.6) is 0 Å². The molecule has 0 aliphatic carbocycles. The Balaban J connectivity index is 2.76. The predicted molar refractivity (Wildman–Crippen MR) is 54.7 cm³/mol. The number of hydrogen-bond acceptors (Lipinski definition) is 1. The number of pyridine rings is 1. The van der Waals surface area contributed by atoms with Crippen molar-refractivity contribution in [2.45, 2.75) is 26.2 Å². The molecule has 1 N–H and O–H groups in total. The quantitative estimate of drug-likeness (QED) is 0.665. The van der Waals surface area contributed by atoms with E-state index in [2.05, 4.69) is 9.97 Å². The normalized spacial score (nSPS) is 12.3. The Morgan fingerprint density at radius 1 is 1.27 bits per heavy atom. The summed E-state index contributed by atoms with van der Waals surface area (Å²) in [6.07, 6.45) is 1.18. The fourth-order valence-electron chi connectivity index (χ4n) is 1.52. The second-order valence-corrected chi connectivity index (χ2v) is 4.61. The van der Waals surface area contributed by atoms with E-state index in [0.29, 0.717) is 10.9 Å². The maximum absolute atomic E-state index is 13.6. The molecule has 2 nitrogen and oxygen atoms in total. The van der Waals surface area contributed by atoms with E-state index in [1.165, 1.54) is 12.3 Å². The maximum Gasteiger partial charge on any atom is 0.218 e. The molecule has 0 aromatic carbocycles. The minimum Gasteiger partial charge on any atom is -0.343 e. The molecular formula is C11H12F2N2. The van der Waals surface area contributed by atoms with E-state index < -0.39 is 11.8 Å². The van der Waals surface area contributed by atoms with E-state index in [9.17, 15) is 8.78 Å². The molecule has 0 fully saturated rings. The highest BCUT2D eigenvalue weighted by molar-refractivity contribution is 5.77. The third kappa shape index (κ3) is 1.60. The molecule has 0 aliphatic heterocycles. The summed E-state index contributed by atoms with van der Waals surface area (Å²) in [6, 6.07) is 1.52. The van der Waals surface area contributed by atoms with Crippen molar-refractivity contribution in [2.24, 2.45) is 0 Å². The lowest BCUT2D eigenvalue weighted by Gasteiger charge is -2.18. The molecule has 0 atom stereocenters. The largest absolute Gasteiger partial charge is 0.343 e. The van der Waals surface area contributed by atoms with Gasteiger partial charge in [0, 0.05) is 11.8 Å². The number of fused-ring (bicyclic) bond motifs is 1. The Morgan fingerprint density at radius 3 is 2.53 bits per heavy atom. The second kappa shape index (κ2) is 3.02. The molecule has 0 saturated heterocycles. The van der Waals surface area contributed by atoms with Crippen molar-refractivity contribution in [3.05, 3.63) is 29.6 Å². The van der Waals surface area contributed by atoms with Gasteiger partial charge in [0.2, 0.25) is 5.95 Å². The third-order valence-corrected chi connectivity index (χ3v) is 2.38. The molecule has 4 heteroatoms. The number of nitrogens with zero attached hydrogens (tertiary/aromatic N) is 1. The van der Waals surface area contributed by atoms with Crippen molar-refractivity contribution in [1.29, 1.82) is 0 Å². The lowest BCUT2D eigenvalue weighted by Crippen LogP contribution is -2.14. The fraction of sp³-hybridized carbons (Fsp3) is 0.364. The SMILES string of the molecule is CC(C)(C)c1cc2c(F)c[nH]c2nc1F. The van der Waals surface area contributed by atoms with Crippen LogP contribution in [0.15, 0.2) is 12.3 Å². The zero-order valence-electron chi connectivity index (χ0n) is 8.86. The summed E-state index contributed by atoms with van der Waals surface area (Å²) in [5.41, 5.74) is 0.293. The highest BCUT2D eigenvalue weighted by Crippen LogP contribution is 2.27. The smallest absolute Gasteiger partial charge is 0.218 e. The molecule has 2 aromatic rings. The monoisotopic (exact) mass is 210 g/mol. The summed E-state index contributed by atoms with van der Waals surface area (Å²) in [6.45, 7) is 5.59. The highest BCUT2D eigenvalue weighted by Gasteiger charge is 2.21. The Morgan fingerprint density at radius 2 is 1.93 bits per heavy atom. The highest BCUT2D eigenvalue weighted by atomic mass is 19.1. The van der Waals surface area contributed by atoms with Crippen LogP contribution < -0.4 is 0 Å². The third-order valence-electron chi connectivity index (χ3n) is 2.38. The fourth-order valence-corrected chi connectivity index (χ4v) is 1.52. The second-order valence-electron chi connectivity index (χ2n) is 4.61. The first-order chi connectivity index (χ1) is 6.89. The van der Waals surface area contributed by atoms with Gasteiger partial charge in [-0.3, -0.25) is 0 Å². The molecule has 0 unspecified atom stereocenters. The van der Waals surface area contributed by atoms with Crippen LogP contribution in [0.2, 0.25) is 0 Å². The van der Waals surface area contributed by atoms with Crippen LogP contribution in [-0.2, 0) is 5.41 Å². The Labute approximate surface area is 86.3 Å². The zero-order valence-corrected chi connectivity index (χ0v) is 8.86. The summed E-state index contributed by atoms with van der Waals surface area (Å²) < 4.78 is 26.8. The summed E-state index contributed by atoms with van der Waals surface area (Å²) in [5, 5.41) is 0.335. The molecular weight excluding hydrogens is 198 g/mol. The average Bonchev–Trinajstić information content (AvgIpc) is 2.44. The molecule has 0 radical (unpaired) electrons. The first-order valence-electron chi connectivity index (χ1n) is 4.73. The van der Waals surface area contributed by atoms with Gasteiger partial charge in [0.05, 0.1) is 5.39 Å². The van der Waals surface area contributed by atoms with Crippen molar-refractivity contribution in [3.63, 3.8) is 0 Å². The summed E-state index contributed by atoms with van der Waals surface area (Å²) in [5.74, 6) is -0.945.